The van der Waals surface area contributed by atoms with Crippen molar-refractivity contribution in [2.24, 2.45) is 0 Å². The Hall–Kier alpha value is -1.54. The molecule has 0 bridgehead atoms. The van der Waals surface area contributed by atoms with Crippen LogP contribution in [0, 0.1) is 0 Å². The Balaban J connectivity index is 2.03. The van der Waals surface area contributed by atoms with Gasteiger partial charge in [0.1, 0.15) is 11.9 Å². The van der Waals surface area contributed by atoms with Gasteiger partial charge in [0.25, 0.3) is 0 Å². The second-order valence-electron chi connectivity index (χ2n) is 4.13. The molecule has 1 aromatic carbocycles. The molecule has 2 rings (SSSR count). The van der Waals surface area contributed by atoms with Crippen LogP contribution in [-0.4, -0.2) is 13.2 Å². The third kappa shape index (κ3) is 2.98. The van der Waals surface area contributed by atoms with Crippen LogP contribution in [0.15, 0.2) is 49.1 Å². The first-order valence-corrected chi connectivity index (χ1v) is 5.90. The minimum atomic E-state index is -0.0363. The van der Waals surface area contributed by atoms with Gasteiger partial charge in [-0.1, -0.05) is 30.4 Å². The average Bonchev–Trinajstić information content (AvgIpc) is 2.89. The lowest BCUT2D eigenvalue weighted by atomic mass is 10.1. The van der Waals surface area contributed by atoms with E-state index >= 15 is 0 Å². The maximum atomic E-state index is 6.00. The van der Waals surface area contributed by atoms with E-state index in [9.17, 15) is 0 Å². The molecule has 0 fully saturated rings. The first-order valence-electron chi connectivity index (χ1n) is 5.90. The van der Waals surface area contributed by atoms with Crippen LogP contribution in [0.3, 0.4) is 0 Å². The second kappa shape index (κ2) is 5.69. The Morgan fingerprint density at radius 1 is 1.24 bits per heavy atom. The minimum absolute atomic E-state index is 0.0363. The summed E-state index contributed by atoms with van der Waals surface area (Å²) in [6.07, 6.45) is 8.43. The zero-order chi connectivity index (χ0) is 12.1. The molecule has 2 heteroatoms. The molecule has 2 nitrogen and oxygen atoms in total. The van der Waals surface area contributed by atoms with Gasteiger partial charge in [-0.15, -0.1) is 6.58 Å². The van der Waals surface area contributed by atoms with Crippen molar-refractivity contribution >= 4 is 0 Å². The smallest absolute Gasteiger partial charge is 0.118 e. The SMILES string of the molecule is C=C[C@H](OC1CC=CC1)c1ccc(OC)cc1. The van der Waals surface area contributed by atoms with Crippen molar-refractivity contribution in [1.82, 2.24) is 0 Å². The summed E-state index contributed by atoms with van der Waals surface area (Å²) in [7, 11) is 1.67. The van der Waals surface area contributed by atoms with Crippen LogP contribution in [0.2, 0.25) is 0 Å². The maximum absolute atomic E-state index is 6.00. The molecule has 1 aromatic rings. The zero-order valence-corrected chi connectivity index (χ0v) is 10.1. The number of ether oxygens (including phenoxy) is 2. The predicted octanol–water partition coefficient (Wildman–Crippen LogP) is 3.66. The quantitative estimate of drug-likeness (QED) is 0.719. The van der Waals surface area contributed by atoms with Crippen molar-refractivity contribution in [2.45, 2.75) is 25.0 Å². The molecule has 1 atom stereocenters. The van der Waals surface area contributed by atoms with Gasteiger partial charge < -0.3 is 9.47 Å². The van der Waals surface area contributed by atoms with Gasteiger partial charge in [0, 0.05) is 0 Å². The van der Waals surface area contributed by atoms with Gasteiger partial charge in [-0.25, -0.2) is 0 Å². The monoisotopic (exact) mass is 230 g/mol. The third-order valence-electron chi connectivity index (χ3n) is 2.96. The third-order valence-corrected chi connectivity index (χ3v) is 2.96. The van der Waals surface area contributed by atoms with E-state index in [-0.39, 0.29) is 6.10 Å². The molecular weight excluding hydrogens is 212 g/mol. The van der Waals surface area contributed by atoms with Crippen LogP contribution in [0.4, 0.5) is 0 Å². The molecule has 0 spiro atoms. The maximum Gasteiger partial charge on any atom is 0.118 e. The largest absolute Gasteiger partial charge is 0.497 e. The van der Waals surface area contributed by atoms with E-state index in [2.05, 4.69) is 18.7 Å². The summed E-state index contributed by atoms with van der Waals surface area (Å²) in [5, 5.41) is 0. The first-order chi connectivity index (χ1) is 8.33. The van der Waals surface area contributed by atoms with Crippen LogP contribution in [0.25, 0.3) is 0 Å². The van der Waals surface area contributed by atoms with Gasteiger partial charge in [-0.2, -0.15) is 0 Å². The molecule has 0 saturated heterocycles. The first kappa shape index (κ1) is 11.9. The number of methoxy groups -OCH3 is 1. The summed E-state index contributed by atoms with van der Waals surface area (Å²) in [5.74, 6) is 0.860. The van der Waals surface area contributed by atoms with Crippen molar-refractivity contribution < 1.29 is 9.47 Å². The second-order valence-corrected chi connectivity index (χ2v) is 4.13. The van der Waals surface area contributed by atoms with E-state index in [1.807, 2.05) is 30.3 Å². The highest BCUT2D eigenvalue weighted by atomic mass is 16.5. The zero-order valence-electron chi connectivity index (χ0n) is 10.1. The average molecular weight is 230 g/mol. The highest BCUT2D eigenvalue weighted by Crippen LogP contribution is 2.26. The molecule has 0 N–H and O–H groups in total. The van der Waals surface area contributed by atoms with Crippen LogP contribution in [-0.2, 0) is 4.74 Å². The molecule has 0 amide bonds. The van der Waals surface area contributed by atoms with E-state index < -0.39 is 0 Å². The Morgan fingerprint density at radius 3 is 2.41 bits per heavy atom. The summed E-state index contributed by atoms with van der Waals surface area (Å²) >= 11 is 0. The van der Waals surface area contributed by atoms with Crippen molar-refractivity contribution in [3.05, 3.63) is 54.6 Å². The number of hydrogen-bond acceptors (Lipinski definition) is 2. The molecule has 0 heterocycles. The van der Waals surface area contributed by atoms with Crippen molar-refractivity contribution in [2.75, 3.05) is 7.11 Å². The molecule has 0 aliphatic heterocycles. The molecule has 1 aliphatic carbocycles. The fourth-order valence-electron chi connectivity index (χ4n) is 1.97. The van der Waals surface area contributed by atoms with Gasteiger partial charge >= 0.3 is 0 Å². The lowest BCUT2D eigenvalue weighted by Gasteiger charge is -2.19. The van der Waals surface area contributed by atoms with Gasteiger partial charge in [0.05, 0.1) is 13.2 Å². The molecule has 0 radical (unpaired) electrons. The fourth-order valence-corrected chi connectivity index (χ4v) is 1.97. The molecule has 0 saturated carbocycles. The summed E-state index contributed by atoms with van der Waals surface area (Å²) < 4.78 is 11.1. The standard InChI is InChI=1S/C15H18O2/c1-3-15(17-14-6-4-5-7-14)12-8-10-13(16-2)11-9-12/h3-5,8-11,14-15H,1,6-7H2,2H3/t15-/m0/s1. The Kier molecular flexibility index (Phi) is 3.99. The van der Waals surface area contributed by atoms with E-state index in [1.54, 1.807) is 7.11 Å². The van der Waals surface area contributed by atoms with Gasteiger partial charge in [0.2, 0.25) is 0 Å². The Bertz CT molecular complexity index is 384. The van der Waals surface area contributed by atoms with Crippen LogP contribution in [0.1, 0.15) is 24.5 Å². The van der Waals surface area contributed by atoms with E-state index in [0.29, 0.717) is 6.10 Å². The highest BCUT2D eigenvalue weighted by Gasteiger charge is 2.16. The van der Waals surface area contributed by atoms with E-state index in [1.165, 1.54) is 0 Å². The summed E-state index contributed by atoms with van der Waals surface area (Å²) in [6.45, 7) is 3.85. The summed E-state index contributed by atoms with van der Waals surface area (Å²) in [4.78, 5) is 0. The van der Waals surface area contributed by atoms with Crippen molar-refractivity contribution in [3.8, 4) is 5.75 Å². The van der Waals surface area contributed by atoms with Crippen LogP contribution < -0.4 is 4.74 Å². The summed E-state index contributed by atoms with van der Waals surface area (Å²) in [5.41, 5.74) is 1.12. The predicted molar refractivity (Wildman–Crippen MR) is 69.2 cm³/mol. The lowest BCUT2D eigenvalue weighted by Crippen LogP contribution is -2.12. The fraction of sp³-hybridized carbons (Fsp3) is 0.333. The van der Waals surface area contributed by atoms with Gasteiger partial charge in [-0.3, -0.25) is 0 Å². The molecule has 90 valence electrons. The van der Waals surface area contributed by atoms with Crippen LogP contribution >= 0.6 is 0 Å². The van der Waals surface area contributed by atoms with Gasteiger partial charge in [0.15, 0.2) is 0 Å². The molecule has 1 aliphatic rings. The number of hydrogen-bond donors (Lipinski definition) is 0. The molecule has 17 heavy (non-hydrogen) atoms. The summed E-state index contributed by atoms with van der Waals surface area (Å²) in [6, 6.07) is 7.94. The lowest BCUT2D eigenvalue weighted by molar-refractivity contribution is 0.0205. The number of rotatable bonds is 5. The topological polar surface area (TPSA) is 18.5 Å². The van der Waals surface area contributed by atoms with Gasteiger partial charge in [-0.05, 0) is 30.5 Å². The van der Waals surface area contributed by atoms with Crippen LogP contribution in [0.5, 0.6) is 5.75 Å². The van der Waals surface area contributed by atoms with Crippen molar-refractivity contribution in [1.29, 1.82) is 0 Å². The van der Waals surface area contributed by atoms with E-state index in [0.717, 1.165) is 24.2 Å². The molecular formula is C15H18O2. The Labute approximate surface area is 103 Å². The molecule has 0 aromatic heterocycles. The highest BCUT2D eigenvalue weighted by molar-refractivity contribution is 5.30. The van der Waals surface area contributed by atoms with E-state index in [4.69, 9.17) is 9.47 Å². The van der Waals surface area contributed by atoms with Crippen molar-refractivity contribution in [3.63, 3.8) is 0 Å². The number of benzene rings is 1. The normalized spacial score (nSPS) is 17.0. The minimum Gasteiger partial charge on any atom is -0.497 e. The Morgan fingerprint density at radius 2 is 1.88 bits per heavy atom. The molecule has 0 unspecified atom stereocenters.